The second kappa shape index (κ2) is 8.95. The lowest BCUT2D eigenvalue weighted by atomic mass is 10.1. The first-order valence-electron chi connectivity index (χ1n) is 9.07. The first kappa shape index (κ1) is 19.3. The number of methoxy groups -OCH3 is 3. The molecule has 0 radical (unpaired) electrons. The summed E-state index contributed by atoms with van der Waals surface area (Å²) in [6.45, 7) is 2.43. The van der Waals surface area contributed by atoms with Crippen molar-refractivity contribution in [2.75, 3.05) is 34.4 Å². The molecular weight excluding hydrogens is 349 g/mol. The van der Waals surface area contributed by atoms with Gasteiger partial charge in [0, 0.05) is 31.8 Å². The Kier molecular flexibility index (Phi) is 6.40. The van der Waals surface area contributed by atoms with Gasteiger partial charge in [0.1, 0.15) is 23.4 Å². The van der Waals surface area contributed by atoms with Crippen LogP contribution >= 0.6 is 0 Å². The number of para-hydroxylation sites is 1. The van der Waals surface area contributed by atoms with Gasteiger partial charge in [-0.3, -0.25) is 4.90 Å². The highest BCUT2D eigenvalue weighted by molar-refractivity contribution is 5.50. The van der Waals surface area contributed by atoms with Crippen LogP contribution in [0.2, 0.25) is 0 Å². The lowest BCUT2D eigenvalue weighted by Crippen LogP contribution is -2.38. The maximum atomic E-state index is 13.8. The van der Waals surface area contributed by atoms with Crippen LogP contribution in [-0.4, -0.2) is 45.4 Å². The summed E-state index contributed by atoms with van der Waals surface area (Å²) in [6, 6.07) is 10.3. The predicted octanol–water partition coefficient (Wildman–Crippen LogP) is 3.89. The number of likely N-dealkylation sites (tertiary alicyclic amines) is 1. The highest BCUT2D eigenvalue weighted by Crippen LogP contribution is 2.35. The van der Waals surface area contributed by atoms with Gasteiger partial charge < -0.3 is 18.9 Å². The largest absolute Gasteiger partial charge is 0.496 e. The second-order valence-electron chi connectivity index (χ2n) is 6.53. The molecule has 146 valence electrons. The monoisotopic (exact) mass is 375 g/mol. The maximum absolute atomic E-state index is 13.8. The molecule has 0 aromatic heterocycles. The molecule has 1 fully saturated rings. The normalized spacial score (nSPS) is 15.4. The number of rotatable bonds is 7. The van der Waals surface area contributed by atoms with Crippen LogP contribution < -0.4 is 18.9 Å². The van der Waals surface area contributed by atoms with Crippen molar-refractivity contribution in [1.29, 1.82) is 0 Å². The standard InChI is InChI=1S/C21H26FNO4/c1-24-16-12-20(25-2)17(21(13-16)26-3)14-23-10-8-15(9-11-23)27-19-7-5-4-6-18(19)22/h4-7,12-13,15H,8-11,14H2,1-3H3. The first-order valence-corrected chi connectivity index (χ1v) is 9.07. The molecule has 6 heteroatoms. The summed E-state index contributed by atoms with van der Waals surface area (Å²) in [7, 11) is 4.91. The molecule has 0 spiro atoms. The van der Waals surface area contributed by atoms with Gasteiger partial charge in [-0.1, -0.05) is 12.1 Å². The van der Waals surface area contributed by atoms with E-state index in [-0.39, 0.29) is 11.9 Å². The van der Waals surface area contributed by atoms with E-state index < -0.39 is 0 Å². The van der Waals surface area contributed by atoms with E-state index in [0.717, 1.165) is 43.0 Å². The van der Waals surface area contributed by atoms with Gasteiger partial charge in [-0.15, -0.1) is 0 Å². The van der Waals surface area contributed by atoms with E-state index in [1.807, 2.05) is 12.1 Å². The van der Waals surface area contributed by atoms with Gasteiger partial charge in [0.2, 0.25) is 0 Å². The molecule has 1 aliphatic rings. The van der Waals surface area contributed by atoms with Crippen LogP contribution in [0.4, 0.5) is 4.39 Å². The van der Waals surface area contributed by atoms with Gasteiger partial charge in [-0.05, 0) is 25.0 Å². The Morgan fingerprint density at radius 1 is 0.926 bits per heavy atom. The van der Waals surface area contributed by atoms with Crippen molar-refractivity contribution in [2.24, 2.45) is 0 Å². The lowest BCUT2D eigenvalue weighted by Gasteiger charge is -2.32. The minimum Gasteiger partial charge on any atom is -0.496 e. The third-order valence-corrected chi connectivity index (χ3v) is 4.86. The first-order chi connectivity index (χ1) is 13.1. The smallest absolute Gasteiger partial charge is 0.165 e. The van der Waals surface area contributed by atoms with Crippen LogP contribution in [0.5, 0.6) is 23.0 Å². The van der Waals surface area contributed by atoms with Gasteiger partial charge >= 0.3 is 0 Å². The molecule has 0 atom stereocenters. The van der Waals surface area contributed by atoms with Gasteiger partial charge in [0.25, 0.3) is 0 Å². The molecule has 1 heterocycles. The van der Waals surface area contributed by atoms with Crippen molar-refractivity contribution in [1.82, 2.24) is 4.90 Å². The predicted molar refractivity (Wildman–Crippen MR) is 101 cm³/mol. The molecule has 0 saturated carbocycles. The van der Waals surface area contributed by atoms with Crippen LogP contribution in [0.25, 0.3) is 0 Å². The van der Waals surface area contributed by atoms with E-state index >= 15 is 0 Å². The Hall–Kier alpha value is -2.47. The SMILES string of the molecule is COc1cc(OC)c(CN2CCC(Oc3ccccc3F)CC2)c(OC)c1. The molecule has 2 aromatic rings. The number of halogens is 1. The molecule has 1 saturated heterocycles. The number of benzene rings is 2. The molecular formula is C21H26FNO4. The number of piperidine rings is 1. The molecule has 5 nitrogen and oxygen atoms in total. The Morgan fingerprint density at radius 3 is 2.11 bits per heavy atom. The average Bonchev–Trinajstić information content (AvgIpc) is 2.71. The van der Waals surface area contributed by atoms with Crippen LogP contribution in [0.3, 0.4) is 0 Å². The minimum absolute atomic E-state index is 0.0257. The third-order valence-electron chi connectivity index (χ3n) is 4.86. The summed E-state index contributed by atoms with van der Waals surface area (Å²) in [6.07, 6.45) is 1.71. The molecule has 2 aromatic carbocycles. The molecule has 0 N–H and O–H groups in total. The van der Waals surface area contributed by atoms with E-state index in [4.69, 9.17) is 18.9 Å². The van der Waals surface area contributed by atoms with Crippen molar-refractivity contribution >= 4 is 0 Å². The van der Waals surface area contributed by atoms with Crippen molar-refractivity contribution in [3.8, 4) is 23.0 Å². The second-order valence-corrected chi connectivity index (χ2v) is 6.53. The fourth-order valence-corrected chi connectivity index (χ4v) is 3.36. The van der Waals surface area contributed by atoms with Gasteiger partial charge in [-0.2, -0.15) is 0 Å². The minimum atomic E-state index is -0.312. The summed E-state index contributed by atoms with van der Waals surface area (Å²) in [5.41, 5.74) is 0.995. The van der Waals surface area contributed by atoms with Crippen LogP contribution in [0.15, 0.2) is 36.4 Å². The Bertz CT molecular complexity index is 735. The zero-order chi connectivity index (χ0) is 19.2. The van der Waals surface area contributed by atoms with E-state index in [9.17, 15) is 4.39 Å². The fraction of sp³-hybridized carbons (Fsp3) is 0.429. The third kappa shape index (κ3) is 4.63. The number of hydrogen-bond donors (Lipinski definition) is 0. The van der Waals surface area contributed by atoms with Crippen molar-refractivity contribution in [3.63, 3.8) is 0 Å². The summed E-state index contributed by atoms with van der Waals surface area (Å²) >= 11 is 0. The molecule has 0 aliphatic carbocycles. The average molecular weight is 375 g/mol. The van der Waals surface area contributed by atoms with Gasteiger partial charge in [0.15, 0.2) is 11.6 Å². The number of hydrogen-bond acceptors (Lipinski definition) is 5. The van der Waals surface area contributed by atoms with Crippen LogP contribution in [-0.2, 0) is 6.54 Å². The molecule has 0 unspecified atom stereocenters. The van der Waals surface area contributed by atoms with Crippen LogP contribution in [0.1, 0.15) is 18.4 Å². The zero-order valence-electron chi connectivity index (χ0n) is 16.0. The highest BCUT2D eigenvalue weighted by atomic mass is 19.1. The Balaban J connectivity index is 1.63. The lowest BCUT2D eigenvalue weighted by molar-refractivity contribution is 0.0926. The summed E-state index contributed by atoms with van der Waals surface area (Å²) in [5.74, 6) is 2.21. The summed E-state index contributed by atoms with van der Waals surface area (Å²) in [4.78, 5) is 2.33. The Labute approximate surface area is 159 Å². The van der Waals surface area contributed by atoms with Crippen LogP contribution in [0, 0.1) is 5.82 Å². The molecule has 0 bridgehead atoms. The summed E-state index contributed by atoms with van der Waals surface area (Å²) < 4.78 is 36.0. The molecule has 1 aliphatic heterocycles. The van der Waals surface area contributed by atoms with Crippen molar-refractivity contribution in [3.05, 3.63) is 47.8 Å². The molecule has 3 rings (SSSR count). The van der Waals surface area contributed by atoms with Crippen molar-refractivity contribution < 1.29 is 23.3 Å². The van der Waals surface area contributed by atoms with E-state index in [1.165, 1.54) is 6.07 Å². The van der Waals surface area contributed by atoms with Crippen molar-refractivity contribution in [2.45, 2.75) is 25.5 Å². The summed E-state index contributed by atoms with van der Waals surface area (Å²) in [5, 5.41) is 0. The maximum Gasteiger partial charge on any atom is 0.165 e. The molecule has 27 heavy (non-hydrogen) atoms. The van der Waals surface area contributed by atoms with Gasteiger partial charge in [0.05, 0.1) is 26.9 Å². The van der Waals surface area contributed by atoms with E-state index in [0.29, 0.717) is 18.0 Å². The molecule has 0 amide bonds. The number of ether oxygens (including phenoxy) is 4. The highest BCUT2D eigenvalue weighted by Gasteiger charge is 2.24. The topological polar surface area (TPSA) is 40.2 Å². The van der Waals surface area contributed by atoms with E-state index in [1.54, 1.807) is 39.5 Å². The Morgan fingerprint density at radius 2 is 1.56 bits per heavy atom. The number of nitrogens with zero attached hydrogens (tertiary/aromatic N) is 1. The quantitative estimate of drug-likeness (QED) is 0.734. The van der Waals surface area contributed by atoms with Gasteiger partial charge in [-0.25, -0.2) is 4.39 Å². The fourth-order valence-electron chi connectivity index (χ4n) is 3.36. The van der Waals surface area contributed by atoms with E-state index in [2.05, 4.69) is 4.90 Å². The zero-order valence-corrected chi connectivity index (χ0v) is 16.0.